The van der Waals surface area contributed by atoms with Crippen LogP contribution in [-0.4, -0.2) is 47.2 Å². The van der Waals surface area contributed by atoms with Gasteiger partial charge in [-0.15, -0.1) is 12.4 Å². The van der Waals surface area contributed by atoms with Crippen molar-refractivity contribution in [2.75, 3.05) is 13.6 Å². The third-order valence-electron chi connectivity index (χ3n) is 4.72. The van der Waals surface area contributed by atoms with Crippen molar-refractivity contribution in [3.63, 3.8) is 0 Å². The second kappa shape index (κ2) is 8.33. The number of hydrogen-bond acceptors (Lipinski definition) is 4. The predicted molar refractivity (Wildman–Crippen MR) is 105 cm³/mol. The summed E-state index contributed by atoms with van der Waals surface area (Å²) in [6.45, 7) is 2.38. The number of nitrogens with two attached hydrogens (primary N) is 1. The van der Waals surface area contributed by atoms with Gasteiger partial charge in [-0.1, -0.05) is 24.3 Å². The van der Waals surface area contributed by atoms with Crippen LogP contribution >= 0.6 is 12.4 Å². The Bertz CT molecular complexity index is 849. The number of amides is 3. The van der Waals surface area contributed by atoms with Crippen LogP contribution in [0, 0.1) is 0 Å². The second-order valence-electron chi connectivity index (χ2n) is 6.44. The molecule has 0 bridgehead atoms. The van der Waals surface area contributed by atoms with Gasteiger partial charge < -0.3 is 10.6 Å². The zero-order valence-electron chi connectivity index (χ0n) is 15.2. The van der Waals surface area contributed by atoms with Crippen molar-refractivity contribution >= 4 is 30.1 Å². The molecule has 0 saturated heterocycles. The van der Waals surface area contributed by atoms with Crippen LogP contribution in [-0.2, 0) is 6.54 Å². The van der Waals surface area contributed by atoms with Crippen LogP contribution in [0.4, 0.5) is 0 Å². The smallest absolute Gasteiger partial charge is 0.261 e. The standard InChI is InChI=1S/C20H21N3O3.ClH/c1-13(11-21)22(2)18(24)15-7-5-6-14(10-15)12-23-19(25)16-8-3-4-9-17(16)20(23)26;/h3-10,13H,11-12,21H2,1-2H3;1H. The van der Waals surface area contributed by atoms with E-state index < -0.39 is 0 Å². The average molecular weight is 388 g/mol. The monoisotopic (exact) mass is 387 g/mol. The predicted octanol–water partition coefficient (Wildman–Crippen LogP) is 2.32. The number of benzene rings is 2. The summed E-state index contributed by atoms with van der Waals surface area (Å²) in [6, 6.07) is 13.7. The zero-order valence-corrected chi connectivity index (χ0v) is 16.0. The summed E-state index contributed by atoms with van der Waals surface area (Å²) in [5, 5.41) is 0. The van der Waals surface area contributed by atoms with E-state index in [4.69, 9.17) is 5.73 Å². The van der Waals surface area contributed by atoms with Crippen LogP contribution < -0.4 is 5.73 Å². The molecular weight excluding hydrogens is 366 g/mol. The van der Waals surface area contributed by atoms with E-state index in [0.717, 1.165) is 5.56 Å². The maximum Gasteiger partial charge on any atom is 0.261 e. The summed E-state index contributed by atoms with van der Waals surface area (Å²) >= 11 is 0. The highest BCUT2D eigenvalue weighted by molar-refractivity contribution is 6.21. The molecule has 1 heterocycles. The number of likely N-dealkylation sites (N-methyl/N-ethyl adjacent to an activating group) is 1. The Kier molecular flexibility index (Phi) is 6.36. The fourth-order valence-electron chi connectivity index (χ4n) is 2.93. The quantitative estimate of drug-likeness (QED) is 0.798. The summed E-state index contributed by atoms with van der Waals surface area (Å²) in [4.78, 5) is 40.3. The number of halogens is 1. The first-order valence-electron chi connectivity index (χ1n) is 8.45. The number of carbonyl (C=O) groups is 3. The zero-order chi connectivity index (χ0) is 18.8. The Morgan fingerprint density at radius 3 is 2.22 bits per heavy atom. The molecular formula is C20H22ClN3O3. The highest BCUT2D eigenvalue weighted by atomic mass is 35.5. The van der Waals surface area contributed by atoms with Crippen molar-refractivity contribution in [1.29, 1.82) is 0 Å². The van der Waals surface area contributed by atoms with E-state index in [1.807, 2.05) is 6.92 Å². The SMILES string of the molecule is CC(CN)N(C)C(=O)c1cccc(CN2C(=O)c3ccccc3C2=O)c1.Cl. The fraction of sp³-hybridized carbons (Fsp3) is 0.250. The van der Waals surface area contributed by atoms with E-state index in [0.29, 0.717) is 23.2 Å². The number of carbonyl (C=O) groups excluding carboxylic acids is 3. The third-order valence-corrected chi connectivity index (χ3v) is 4.72. The van der Waals surface area contributed by atoms with Gasteiger partial charge in [0.2, 0.25) is 0 Å². The van der Waals surface area contributed by atoms with Crippen molar-refractivity contribution < 1.29 is 14.4 Å². The van der Waals surface area contributed by atoms with Gasteiger partial charge in [-0.3, -0.25) is 19.3 Å². The lowest BCUT2D eigenvalue weighted by Gasteiger charge is -2.24. The first-order chi connectivity index (χ1) is 12.4. The second-order valence-corrected chi connectivity index (χ2v) is 6.44. The summed E-state index contributed by atoms with van der Waals surface area (Å²) < 4.78 is 0. The van der Waals surface area contributed by atoms with E-state index in [2.05, 4.69) is 0 Å². The minimum absolute atomic E-state index is 0. The van der Waals surface area contributed by atoms with Crippen LogP contribution in [0.5, 0.6) is 0 Å². The minimum Gasteiger partial charge on any atom is -0.338 e. The highest BCUT2D eigenvalue weighted by Gasteiger charge is 2.35. The lowest BCUT2D eigenvalue weighted by Crippen LogP contribution is -2.39. The van der Waals surface area contributed by atoms with Gasteiger partial charge in [0.1, 0.15) is 0 Å². The Morgan fingerprint density at radius 2 is 1.67 bits per heavy atom. The van der Waals surface area contributed by atoms with Gasteiger partial charge in [0.25, 0.3) is 17.7 Å². The molecule has 142 valence electrons. The molecule has 1 atom stereocenters. The molecule has 3 amide bonds. The van der Waals surface area contributed by atoms with E-state index >= 15 is 0 Å². The molecule has 0 aliphatic carbocycles. The van der Waals surface area contributed by atoms with E-state index in [9.17, 15) is 14.4 Å². The van der Waals surface area contributed by atoms with Crippen molar-refractivity contribution in [2.45, 2.75) is 19.5 Å². The highest BCUT2D eigenvalue weighted by Crippen LogP contribution is 2.24. The molecule has 6 nitrogen and oxygen atoms in total. The normalized spacial score (nSPS) is 13.8. The molecule has 1 aliphatic rings. The molecule has 0 saturated carbocycles. The number of rotatable bonds is 5. The van der Waals surface area contributed by atoms with Crippen LogP contribution in [0.25, 0.3) is 0 Å². The summed E-state index contributed by atoms with van der Waals surface area (Å²) in [6.07, 6.45) is 0. The molecule has 0 radical (unpaired) electrons. The largest absolute Gasteiger partial charge is 0.338 e. The molecule has 0 fully saturated rings. The molecule has 1 unspecified atom stereocenters. The maximum atomic E-state index is 12.6. The molecule has 0 spiro atoms. The molecule has 0 aromatic heterocycles. The molecule has 27 heavy (non-hydrogen) atoms. The Morgan fingerprint density at radius 1 is 1.07 bits per heavy atom. The van der Waals surface area contributed by atoms with E-state index in [-0.39, 0.29) is 42.7 Å². The third kappa shape index (κ3) is 3.86. The molecule has 2 aromatic rings. The van der Waals surface area contributed by atoms with Gasteiger partial charge in [0, 0.05) is 25.2 Å². The number of imide groups is 1. The van der Waals surface area contributed by atoms with Gasteiger partial charge in [-0.05, 0) is 36.8 Å². The lowest BCUT2D eigenvalue weighted by molar-refractivity contribution is 0.0642. The van der Waals surface area contributed by atoms with Gasteiger partial charge >= 0.3 is 0 Å². The van der Waals surface area contributed by atoms with E-state index in [1.165, 1.54) is 4.90 Å². The minimum atomic E-state index is -0.309. The molecule has 7 heteroatoms. The van der Waals surface area contributed by atoms with Gasteiger partial charge in [0.05, 0.1) is 17.7 Å². The summed E-state index contributed by atoms with van der Waals surface area (Å²) in [5.74, 6) is -0.764. The Balaban J connectivity index is 0.00000261. The van der Waals surface area contributed by atoms with Crippen molar-refractivity contribution in [2.24, 2.45) is 5.73 Å². The molecule has 3 rings (SSSR count). The van der Waals surface area contributed by atoms with Crippen molar-refractivity contribution in [3.8, 4) is 0 Å². The summed E-state index contributed by atoms with van der Waals surface area (Å²) in [7, 11) is 1.71. The van der Waals surface area contributed by atoms with Crippen molar-refractivity contribution in [3.05, 3.63) is 70.8 Å². The van der Waals surface area contributed by atoms with E-state index in [1.54, 1.807) is 60.5 Å². The number of hydrogen-bond donors (Lipinski definition) is 1. The molecule has 2 N–H and O–H groups in total. The van der Waals surface area contributed by atoms with Gasteiger partial charge in [0.15, 0.2) is 0 Å². The molecule has 2 aromatic carbocycles. The number of fused-ring (bicyclic) bond motifs is 1. The van der Waals surface area contributed by atoms with Crippen LogP contribution in [0.3, 0.4) is 0 Å². The number of nitrogens with zero attached hydrogens (tertiary/aromatic N) is 2. The van der Waals surface area contributed by atoms with Crippen LogP contribution in [0.2, 0.25) is 0 Å². The first kappa shape index (κ1) is 20.6. The Labute approximate surface area is 164 Å². The lowest BCUT2D eigenvalue weighted by atomic mass is 10.1. The Hall–Kier alpha value is -2.70. The van der Waals surface area contributed by atoms with Gasteiger partial charge in [-0.2, -0.15) is 0 Å². The maximum absolute atomic E-state index is 12.6. The van der Waals surface area contributed by atoms with Crippen molar-refractivity contribution in [1.82, 2.24) is 9.80 Å². The first-order valence-corrected chi connectivity index (χ1v) is 8.45. The average Bonchev–Trinajstić information content (AvgIpc) is 2.91. The topological polar surface area (TPSA) is 83.7 Å². The summed E-state index contributed by atoms with van der Waals surface area (Å²) in [5.41, 5.74) is 7.68. The van der Waals surface area contributed by atoms with Crippen LogP contribution in [0.15, 0.2) is 48.5 Å². The van der Waals surface area contributed by atoms with Gasteiger partial charge in [-0.25, -0.2) is 0 Å². The van der Waals surface area contributed by atoms with Crippen LogP contribution in [0.1, 0.15) is 43.6 Å². The fourth-order valence-corrected chi connectivity index (χ4v) is 2.93. The molecule has 1 aliphatic heterocycles.